The fourth-order valence-corrected chi connectivity index (χ4v) is 3.65. The van der Waals surface area contributed by atoms with Crippen molar-refractivity contribution >= 4 is 22.6 Å². The quantitative estimate of drug-likeness (QED) is 0.578. The molecule has 4 atom stereocenters. The zero-order valence-corrected chi connectivity index (χ0v) is 12.2. The number of rotatable bonds is 6. The van der Waals surface area contributed by atoms with Gasteiger partial charge in [-0.3, -0.25) is 0 Å². The molecular weight excluding hydrogens is 299 g/mol. The predicted octanol–water partition coefficient (Wildman–Crippen LogP) is 4.02. The summed E-state index contributed by atoms with van der Waals surface area (Å²) in [6, 6.07) is 0. The Balaban J connectivity index is 2.19. The highest BCUT2D eigenvalue weighted by molar-refractivity contribution is 14.1. The highest BCUT2D eigenvalue weighted by Crippen LogP contribution is 2.35. The second-order valence-electron chi connectivity index (χ2n) is 5.21. The van der Waals surface area contributed by atoms with Crippen molar-refractivity contribution in [3.63, 3.8) is 0 Å². The predicted molar refractivity (Wildman–Crippen MR) is 74.4 cm³/mol. The van der Waals surface area contributed by atoms with Crippen LogP contribution in [0.1, 0.15) is 52.4 Å². The van der Waals surface area contributed by atoms with Gasteiger partial charge in [0.15, 0.2) is 0 Å². The van der Waals surface area contributed by atoms with Gasteiger partial charge in [-0.05, 0) is 41.4 Å². The Bertz CT molecular complexity index is 162. The monoisotopic (exact) mass is 324 g/mol. The van der Waals surface area contributed by atoms with Crippen molar-refractivity contribution in [3.05, 3.63) is 0 Å². The third kappa shape index (κ3) is 4.59. The molecule has 1 N–H and O–H groups in total. The maximum atomic E-state index is 9.69. The van der Waals surface area contributed by atoms with Crippen LogP contribution in [0.5, 0.6) is 0 Å². The van der Waals surface area contributed by atoms with E-state index >= 15 is 0 Å². The molecule has 15 heavy (non-hydrogen) atoms. The lowest BCUT2D eigenvalue weighted by Gasteiger charge is -2.16. The van der Waals surface area contributed by atoms with Crippen molar-refractivity contribution < 1.29 is 5.11 Å². The summed E-state index contributed by atoms with van der Waals surface area (Å²) in [5.74, 6) is 2.27. The van der Waals surface area contributed by atoms with Gasteiger partial charge in [0.25, 0.3) is 0 Å². The maximum Gasteiger partial charge on any atom is 0.0568 e. The lowest BCUT2D eigenvalue weighted by Crippen LogP contribution is -2.08. The van der Waals surface area contributed by atoms with Crippen LogP contribution >= 0.6 is 22.6 Å². The fourth-order valence-electron chi connectivity index (χ4n) is 2.77. The van der Waals surface area contributed by atoms with Gasteiger partial charge >= 0.3 is 0 Å². The van der Waals surface area contributed by atoms with Crippen LogP contribution in [0.3, 0.4) is 0 Å². The van der Waals surface area contributed by atoms with Gasteiger partial charge in [-0.15, -0.1) is 0 Å². The van der Waals surface area contributed by atoms with Crippen molar-refractivity contribution in [2.75, 3.05) is 4.43 Å². The Morgan fingerprint density at radius 1 is 1.33 bits per heavy atom. The van der Waals surface area contributed by atoms with E-state index in [2.05, 4.69) is 36.4 Å². The largest absolute Gasteiger partial charge is 0.393 e. The van der Waals surface area contributed by atoms with Crippen molar-refractivity contribution in [3.8, 4) is 0 Å². The Labute approximate surface area is 108 Å². The minimum Gasteiger partial charge on any atom is -0.393 e. The summed E-state index contributed by atoms with van der Waals surface area (Å²) in [5, 5.41) is 9.69. The Morgan fingerprint density at radius 2 is 2.07 bits per heavy atom. The van der Waals surface area contributed by atoms with Gasteiger partial charge in [-0.25, -0.2) is 0 Å². The van der Waals surface area contributed by atoms with E-state index in [1.165, 1.54) is 36.5 Å². The van der Waals surface area contributed by atoms with Gasteiger partial charge in [0.2, 0.25) is 0 Å². The SMILES string of the molecule is CCC(CCI)CCC1CC(C)[C@@H](O)C1. The third-order valence-corrected chi connectivity index (χ3v) is 4.64. The third-order valence-electron chi connectivity index (χ3n) is 4.01. The first-order valence-electron chi connectivity index (χ1n) is 6.41. The van der Waals surface area contributed by atoms with Gasteiger partial charge in [0.1, 0.15) is 0 Å². The zero-order valence-electron chi connectivity index (χ0n) is 10.1. The molecule has 0 aromatic rings. The molecule has 0 radical (unpaired) electrons. The second kappa shape index (κ2) is 7.10. The molecular formula is C13H25IO. The molecule has 0 aromatic heterocycles. The molecule has 0 amide bonds. The second-order valence-corrected chi connectivity index (χ2v) is 6.29. The summed E-state index contributed by atoms with van der Waals surface area (Å²) in [4.78, 5) is 0. The summed E-state index contributed by atoms with van der Waals surface area (Å²) in [6.07, 6.45) is 7.72. The molecule has 1 fully saturated rings. The number of hydrogen-bond acceptors (Lipinski definition) is 1. The van der Waals surface area contributed by atoms with E-state index in [1.54, 1.807) is 0 Å². The average molecular weight is 324 g/mol. The molecule has 0 heterocycles. The van der Waals surface area contributed by atoms with E-state index in [0.717, 1.165) is 18.3 Å². The van der Waals surface area contributed by atoms with Crippen LogP contribution in [0.4, 0.5) is 0 Å². The van der Waals surface area contributed by atoms with Crippen LogP contribution in [0.15, 0.2) is 0 Å². The lowest BCUT2D eigenvalue weighted by molar-refractivity contribution is 0.139. The first kappa shape index (κ1) is 13.8. The van der Waals surface area contributed by atoms with Crippen molar-refractivity contribution in [1.29, 1.82) is 0 Å². The van der Waals surface area contributed by atoms with E-state index in [1.807, 2.05) is 0 Å². The molecule has 3 unspecified atom stereocenters. The summed E-state index contributed by atoms with van der Waals surface area (Å²) in [6.45, 7) is 4.50. The minimum absolute atomic E-state index is 0.0142. The molecule has 1 nitrogen and oxygen atoms in total. The lowest BCUT2D eigenvalue weighted by atomic mass is 9.91. The molecule has 0 saturated heterocycles. The van der Waals surface area contributed by atoms with E-state index in [9.17, 15) is 5.11 Å². The normalized spacial score (nSPS) is 33.2. The van der Waals surface area contributed by atoms with Crippen LogP contribution < -0.4 is 0 Å². The van der Waals surface area contributed by atoms with Crippen LogP contribution in [-0.2, 0) is 0 Å². The highest BCUT2D eigenvalue weighted by atomic mass is 127. The fraction of sp³-hybridized carbons (Fsp3) is 1.00. The molecule has 0 aromatic carbocycles. The van der Waals surface area contributed by atoms with Gasteiger partial charge in [-0.2, -0.15) is 0 Å². The van der Waals surface area contributed by atoms with E-state index < -0.39 is 0 Å². The maximum absolute atomic E-state index is 9.69. The standard InChI is InChI=1S/C13H25IO/c1-3-11(6-7-14)4-5-12-8-10(2)13(15)9-12/h10-13,15H,3-9H2,1-2H3/t10?,11?,12?,13-/m0/s1. The van der Waals surface area contributed by atoms with Crippen molar-refractivity contribution in [2.45, 2.75) is 58.5 Å². The molecule has 1 aliphatic rings. The average Bonchev–Trinajstić information content (AvgIpc) is 2.53. The van der Waals surface area contributed by atoms with Gasteiger partial charge in [0, 0.05) is 0 Å². The molecule has 1 aliphatic carbocycles. The van der Waals surface area contributed by atoms with Crippen LogP contribution in [0.2, 0.25) is 0 Å². The number of halogens is 1. The number of aliphatic hydroxyl groups is 1. The molecule has 90 valence electrons. The Morgan fingerprint density at radius 3 is 2.53 bits per heavy atom. The van der Waals surface area contributed by atoms with E-state index in [-0.39, 0.29) is 6.10 Å². The first-order valence-corrected chi connectivity index (χ1v) is 7.93. The first-order chi connectivity index (χ1) is 7.17. The summed E-state index contributed by atoms with van der Waals surface area (Å²) >= 11 is 2.48. The number of aliphatic hydroxyl groups excluding tert-OH is 1. The minimum atomic E-state index is -0.0142. The zero-order chi connectivity index (χ0) is 11.3. The van der Waals surface area contributed by atoms with Crippen LogP contribution in [0, 0.1) is 17.8 Å². The molecule has 0 spiro atoms. The van der Waals surface area contributed by atoms with Crippen LogP contribution in [-0.4, -0.2) is 15.6 Å². The Kier molecular flexibility index (Phi) is 6.51. The van der Waals surface area contributed by atoms with E-state index in [4.69, 9.17) is 0 Å². The summed E-state index contributed by atoms with van der Waals surface area (Å²) < 4.78 is 1.29. The van der Waals surface area contributed by atoms with Crippen molar-refractivity contribution in [1.82, 2.24) is 0 Å². The summed E-state index contributed by atoms with van der Waals surface area (Å²) in [5.41, 5.74) is 0. The van der Waals surface area contributed by atoms with Gasteiger partial charge < -0.3 is 5.11 Å². The molecule has 1 rings (SSSR count). The van der Waals surface area contributed by atoms with E-state index in [0.29, 0.717) is 5.92 Å². The van der Waals surface area contributed by atoms with Gasteiger partial charge in [-0.1, -0.05) is 55.7 Å². The molecule has 0 bridgehead atoms. The van der Waals surface area contributed by atoms with Crippen LogP contribution in [0.25, 0.3) is 0 Å². The molecule has 2 heteroatoms. The number of hydrogen-bond donors (Lipinski definition) is 1. The molecule has 1 saturated carbocycles. The smallest absolute Gasteiger partial charge is 0.0568 e. The van der Waals surface area contributed by atoms with Gasteiger partial charge in [0.05, 0.1) is 6.10 Å². The number of alkyl halides is 1. The topological polar surface area (TPSA) is 20.2 Å². The Hall–Kier alpha value is 0.690. The summed E-state index contributed by atoms with van der Waals surface area (Å²) in [7, 11) is 0. The molecule has 0 aliphatic heterocycles. The highest BCUT2D eigenvalue weighted by Gasteiger charge is 2.29. The van der Waals surface area contributed by atoms with Crippen molar-refractivity contribution in [2.24, 2.45) is 17.8 Å².